The van der Waals surface area contributed by atoms with Crippen LogP contribution < -0.4 is 16.0 Å². The third-order valence-corrected chi connectivity index (χ3v) is 3.71. The molecule has 27 heavy (non-hydrogen) atoms. The second kappa shape index (κ2) is 10.3. The molecule has 1 aliphatic heterocycles. The highest BCUT2D eigenvalue weighted by molar-refractivity contribution is 5.85. The Bertz CT molecular complexity index is 654. The van der Waals surface area contributed by atoms with Crippen LogP contribution in [0.5, 0.6) is 0 Å². The van der Waals surface area contributed by atoms with Crippen LogP contribution in [0.25, 0.3) is 0 Å². The zero-order valence-electron chi connectivity index (χ0n) is 14.2. The maximum Gasteiger partial charge on any atom is 0.416 e. The van der Waals surface area contributed by atoms with E-state index in [9.17, 15) is 28.1 Å². The van der Waals surface area contributed by atoms with Gasteiger partial charge in [-0.2, -0.15) is 13.2 Å². The zero-order valence-corrected chi connectivity index (χ0v) is 15.0. The van der Waals surface area contributed by atoms with Crippen LogP contribution in [0.4, 0.5) is 24.5 Å². The van der Waals surface area contributed by atoms with E-state index in [4.69, 9.17) is 4.74 Å². The molecule has 1 fully saturated rings. The Kier molecular flexibility index (Phi) is 8.73. The number of carbonyl (C=O) groups is 1. The monoisotopic (exact) mass is 412 g/mol. The van der Waals surface area contributed by atoms with E-state index in [0.717, 1.165) is 12.1 Å². The fourth-order valence-corrected chi connectivity index (χ4v) is 2.45. The second-order valence-electron chi connectivity index (χ2n) is 5.69. The lowest BCUT2D eigenvalue weighted by molar-refractivity contribution is -0.384. The van der Waals surface area contributed by atoms with E-state index in [1.54, 1.807) is 0 Å². The van der Waals surface area contributed by atoms with Crippen LogP contribution in [0.1, 0.15) is 12.0 Å². The summed E-state index contributed by atoms with van der Waals surface area (Å²) in [5.41, 5.74) is -1.81. The van der Waals surface area contributed by atoms with Crippen LogP contribution in [0.15, 0.2) is 18.2 Å². The van der Waals surface area contributed by atoms with Gasteiger partial charge in [-0.1, -0.05) is 0 Å². The highest BCUT2D eigenvalue weighted by atomic mass is 35.5. The number of rotatable bonds is 7. The number of anilines is 1. The molecule has 1 amide bonds. The van der Waals surface area contributed by atoms with E-state index >= 15 is 0 Å². The highest BCUT2D eigenvalue weighted by Gasteiger charge is 2.33. The number of amides is 1. The van der Waals surface area contributed by atoms with E-state index in [1.165, 1.54) is 0 Å². The van der Waals surface area contributed by atoms with Crippen molar-refractivity contribution in [1.29, 1.82) is 0 Å². The number of ether oxygens (including phenoxy) is 1. The molecule has 1 aliphatic rings. The summed E-state index contributed by atoms with van der Waals surface area (Å²) in [6.07, 6.45) is -4.42. The van der Waals surface area contributed by atoms with Crippen LogP contribution in [0.3, 0.4) is 0 Å². The molecule has 0 bridgehead atoms. The number of nitro benzene ring substituents is 1. The molecule has 1 saturated heterocycles. The summed E-state index contributed by atoms with van der Waals surface area (Å²) in [4.78, 5) is 21.9. The summed E-state index contributed by atoms with van der Waals surface area (Å²) in [7, 11) is 0. The number of halogens is 4. The summed E-state index contributed by atoms with van der Waals surface area (Å²) in [5, 5.41) is 19.4. The summed E-state index contributed by atoms with van der Waals surface area (Å²) < 4.78 is 43.2. The Labute approximate surface area is 159 Å². The summed E-state index contributed by atoms with van der Waals surface area (Å²) in [6.45, 7) is 2.03. The largest absolute Gasteiger partial charge is 0.416 e. The van der Waals surface area contributed by atoms with Crippen molar-refractivity contribution in [3.05, 3.63) is 33.9 Å². The minimum Gasteiger partial charge on any atom is -0.378 e. The number of carbonyl (C=O) groups excluding carboxylic acids is 1. The van der Waals surface area contributed by atoms with Gasteiger partial charge in [0.05, 0.1) is 23.7 Å². The minimum atomic E-state index is -4.66. The lowest BCUT2D eigenvalue weighted by Crippen LogP contribution is -2.44. The van der Waals surface area contributed by atoms with Crippen molar-refractivity contribution < 1.29 is 27.6 Å². The van der Waals surface area contributed by atoms with Crippen LogP contribution in [0, 0.1) is 10.1 Å². The molecule has 152 valence electrons. The Morgan fingerprint density at radius 3 is 2.70 bits per heavy atom. The third kappa shape index (κ3) is 7.19. The van der Waals surface area contributed by atoms with Crippen molar-refractivity contribution in [1.82, 2.24) is 10.6 Å². The van der Waals surface area contributed by atoms with Crippen LogP contribution in [-0.2, 0) is 15.7 Å². The topological polar surface area (TPSA) is 106 Å². The highest BCUT2D eigenvalue weighted by Crippen LogP contribution is 2.34. The number of alkyl halides is 3. The van der Waals surface area contributed by atoms with Gasteiger partial charge in [-0.05, 0) is 12.1 Å². The first-order valence-corrected chi connectivity index (χ1v) is 7.94. The fourth-order valence-electron chi connectivity index (χ4n) is 2.45. The molecule has 1 aromatic carbocycles. The summed E-state index contributed by atoms with van der Waals surface area (Å²) >= 11 is 0. The predicted molar refractivity (Wildman–Crippen MR) is 94.1 cm³/mol. The average molecular weight is 413 g/mol. The van der Waals surface area contributed by atoms with Crippen LogP contribution in [0.2, 0.25) is 0 Å². The van der Waals surface area contributed by atoms with Crippen molar-refractivity contribution in [3.8, 4) is 0 Å². The standard InChI is InChI=1S/C15H19F3N4O4.ClH/c16-15(17,18)10-1-2-12(13(7-10)22(24)25)20-3-4-21-14(23)8-11-9-26-6-5-19-11;/h1-2,7,11,19-20H,3-6,8-9H2,(H,21,23);1H. The van der Waals surface area contributed by atoms with E-state index in [2.05, 4.69) is 16.0 Å². The van der Waals surface area contributed by atoms with Crippen molar-refractivity contribution in [2.24, 2.45) is 0 Å². The van der Waals surface area contributed by atoms with E-state index in [0.29, 0.717) is 25.8 Å². The van der Waals surface area contributed by atoms with Gasteiger partial charge in [0.25, 0.3) is 5.69 Å². The SMILES string of the molecule is Cl.O=C(CC1COCCN1)NCCNc1ccc(C(F)(F)F)cc1[N+](=O)[O-]. The first kappa shape index (κ1) is 22.9. The van der Waals surface area contributed by atoms with E-state index in [-0.39, 0.29) is 49.6 Å². The van der Waals surface area contributed by atoms with Gasteiger partial charge in [0.1, 0.15) is 5.69 Å². The normalized spacial score (nSPS) is 16.9. The molecule has 8 nitrogen and oxygen atoms in total. The summed E-state index contributed by atoms with van der Waals surface area (Å²) in [5.74, 6) is -0.211. The van der Waals surface area contributed by atoms with Gasteiger partial charge in [-0.15, -0.1) is 12.4 Å². The predicted octanol–water partition coefficient (Wildman–Crippen LogP) is 1.94. The Morgan fingerprint density at radius 2 is 2.11 bits per heavy atom. The summed E-state index contributed by atoms with van der Waals surface area (Å²) in [6, 6.07) is 2.19. The van der Waals surface area contributed by atoms with Gasteiger partial charge in [0.15, 0.2) is 0 Å². The fraction of sp³-hybridized carbons (Fsp3) is 0.533. The Balaban J connectivity index is 0.00000364. The molecule has 1 atom stereocenters. The number of nitrogens with one attached hydrogen (secondary N) is 3. The number of hydrogen-bond donors (Lipinski definition) is 3. The molecule has 3 N–H and O–H groups in total. The van der Waals surface area contributed by atoms with Gasteiger partial charge in [0, 0.05) is 38.2 Å². The number of hydrogen-bond acceptors (Lipinski definition) is 6. The molecule has 0 spiro atoms. The molecule has 0 saturated carbocycles. The molecule has 12 heteroatoms. The molecule has 2 rings (SSSR count). The van der Waals surface area contributed by atoms with Crippen molar-refractivity contribution >= 4 is 29.7 Å². The first-order chi connectivity index (χ1) is 12.3. The molecule has 1 heterocycles. The smallest absolute Gasteiger partial charge is 0.378 e. The molecule has 0 aliphatic carbocycles. The number of benzene rings is 1. The maximum absolute atomic E-state index is 12.6. The third-order valence-electron chi connectivity index (χ3n) is 3.71. The molecule has 1 unspecified atom stereocenters. The van der Waals surface area contributed by atoms with Crippen LogP contribution in [-0.4, -0.2) is 49.7 Å². The van der Waals surface area contributed by atoms with E-state index < -0.39 is 22.4 Å². The van der Waals surface area contributed by atoms with Crippen molar-refractivity contribution in [2.75, 3.05) is 38.2 Å². The van der Waals surface area contributed by atoms with Gasteiger partial charge in [-0.25, -0.2) is 0 Å². The minimum absolute atomic E-state index is 0. The maximum atomic E-state index is 12.6. The number of nitro groups is 1. The van der Waals surface area contributed by atoms with Gasteiger partial charge in [0.2, 0.25) is 5.91 Å². The molecule has 1 aromatic rings. The van der Waals surface area contributed by atoms with Gasteiger partial charge < -0.3 is 20.7 Å². The second-order valence-corrected chi connectivity index (χ2v) is 5.69. The average Bonchev–Trinajstić information content (AvgIpc) is 2.58. The quantitative estimate of drug-likeness (QED) is 0.359. The molecular weight excluding hydrogens is 393 g/mol. The Morgan fingerprint density at radius 1 is 1.37 bits per heavy atom. The van der Waals surface area contributed by atoms with Gasteiger partial charge in [-0.3, -0.25) is 14.9 Å². The Hall–Kier alpha value is -2.11. The van der Waals surface area contributed by atoms with Crippen molar-refractivity contribution in [3.63, 3.8) is 0 Å². The number of nitrogens with zero attached hydrogens (tertiary/aromatic N) is 1. The van der Waals surface area contributed by atoms with E-state index in [1.807, 2.05) is 0 Å². The van der Waals surface area contributed by atoms with Gasteiger partial charge >= 0.3 is 6.18 Å². The molecule has 0 aromatic heterocycles. The van der Waals surface area contributed by atoms with Crippen molar-refractivity contribution in [2.45, 2.75) is 18.6 Å². The lowest BCUT2D eigenvalue weighted by Gasteiger charge is -2.23. The molecule has 0 radical (unpaired) electrons. The first-order valence-electron chi connectivity index (χ1n) is 7.94. The zero-order chi connectivity index (χ0) is 19.2. The number of morpholine rings is 1. The lowest BCUT2D eigenvalue weighted by atomic mass is 10.1. The van der Waals surface area contributed by atoms with Crippen LogP contribution >= 0.6 is 12.4 Å². The molecular formula is C15H20ClF3N4O4.